The van der Waals surface area contributed by atoms with Crippen molar-refractivity contribution in [2.75, 3.05) is 13.7 Å². The molecule has 0 spiro atoms. The van der Waals surface area contributed by atoms with Crippen molar-refractivity contribution < 1.29 is 9.53 Å². The minimum absolute atomic E-state index is 0.0673. The van der Waals surface area contributed by atoms with Crippen molar-refractivity contribution in [3.8, 4) is 5.75 Å². The summed E-state index contributed by atoms with van der Waals surface area (Å²) in [4.78, 5) is 12.4. The zero-order chi connectivity index (χ0) is 14.9. The minimum Gasteiger partial charge on any atom is -0.497 e. The average molecular weight is 366 g/mol. The normalized spacial score (nSPS) is 15.5. The number of hydrogen-bond acceptors (Lipinski definition) is 3. The summed E-state index contributed by atoms with van der Waals surface area (Å²) in [7, 11) is 1.60. The van der Waals surface area contributed by atoms with Crippen LogP contribution in [0.1, 0.15) is 28.8 Å². The fourth-order valence-electron chi connectivity index (χ4n) is 2.43. The molecule has 1 fully saturated rings. The number of thiophene rings is 1. The van der Waals surface area contributed by atoms with Gasteiger partial charge in [0.2, 0.25) is 0 Å². The maximum Gasteiger partial charge on any atom is 0.252 e. The van der Waals surface area contributed by atoms with Gasteiger partial charge < -0.3 is 10.1 Å². The van der Waals surface area contributed by atoms with Crippen molar-refractivity contribution >= 4 is 33.2 Å². The molecule has 110 valence electrons. The molecule has 3 rings (SSSR count). The van der Waals surface area contributed by atoms with Gasteiger partial charge in [0.15, 0.2) is 0 Å². The second kappa shape index (κ2) is 5.81. The summed E-state index contributed by atoms with van der Waals surface area (Å²) in [5.41, 5.74) is 2.11. The second-order valence-electron chi connectivity index (χ2n) is 5.32. The first-order chi connectivity index (χ1) is 10.1. The number of benzene rings is 1. The third kappa shape index (κ3) is 2.99. The van der Waals surface area contributed by atoms with E-state index in [-0.39, 0.29) is 11.3 Å². The molecule has 0 atom stereocenters. The van der Waals surface area contributed by atoms with Crippen molar-refractivity contribution in [1.82, 2.24) is 5.32 Å². The number of hydrogen-bond donors (Lipinski definition) is 1. The highest BCUT2D eigenvalue weighted by molar-refractivity contribution is 9.10. The molecular weight excluding hydrogens is 350 g/mol. The molecule has 1 aromatic heterocycles. The Morgan fingerprint density at radius 2 is 2.24 bits per heavy atom. The number of carbonyl (C=O) groups is 1. The summed E-state index contributed by atoms with van der Waals surface area (Å²) in [6.07, 6.45) is 2.28. The second-order valence-corrected chi connectivity index (χ2v) is 6.96. The highest BCUT2D eigenvalue weighted by Gasteiger charge is 2.44. The fraction of sp³-hybridized carbons (Fsp3) is 0.312. The molecule has 3 nitrogen and oxygen atoms in total. The van der Waals surface area contributed by atoms with E-state index in [4.69, 9.17) is 4.74 Å². The molecule has 1 N–H and O–H groups in total. The molecule has 5 heteroatoms. The molecule has 0 saturated heterocycles. The lowest BCUT2D eigenvalue weighted by atomic mass is 9.99. The van der Waals surface area contributed by atoms with E-state index in [1.54, 1.807) is 24.5 Å². The predicted molar refractivity (Wildman–Crippen MR) is 88.3 cm³/mol. The van der Waals surface area contributed by atoms with Crippen LogP contribution in [0.3, 0.4) is 0 Å². The van der Waals surface area contributed by atoms with Gasteiger partial charge in [-0.2, -0.15) is 11.3 Å². The molecule has 0 bridgehead atoms. The van der Waals surface area contributed by atoms with E-state index in [0.717, 1.165) is 17.3 Å². The van der Waals surface area contributed by atoms with Crippen molar-refractivity contribution in [3.05, 3.63) is 50.6 Å². The molecular formula is C16H16BrNO2S. The number of ether oxygens (including phenoxy) is 1. The Morgan fingerprint density at radius 3 is 2.86 bits per heavy atom. The third-order valence-corrected chi connectivity index (χ3v) is 5.37. The third-order valence-electron chi connectivity index (χ3n) is 3.99. The van der Waals surface area contributed by atoms with E-state index < -0.39 is 0 Å². The quantitative estimate of drug-likeness (QED) is 0.869. The molecule has 1 heterocycles. The van der Waals surface area contributed by atoms with E-state index in [1.165, 1.54) is 5.56 Å². The van der Waals surface area contributed by atoms with Gasteiger partial charge in [0.05, 0.1) is 12.7 Å². The van der Waals surface area contributed by atoms with E-state index >= 15 is 0 Å². The zero-order valence-corrected chi connectivity index (χ0v) is 14.1. The molecule has 21 heavy (non-hydrogen) atoms. The molecule has 2 aromatic rings. The Bertz CT molecular complexity index is 650. The van der Waals surface area contributed by atoms with E-state index in [1.807, 2.05) is 12.1 Å². The SMILES string of the molecule is COc1ccc(Br)c(C(=O)NCC2(c3ccsc3)CC2)c1. The summed E-state index contributed by atoms with van der Waals surface area (Å²) in [6.45, 7) is 0.687. The number of carbonyl (C=O) groups excluding carboxylic acids is 1. The highest BCUT2D eigenvalue weighted by Crippen LogP contribution is 2.48. The van der Waals surface area contributed by atoms with Crippen LogP contribution in [0, 0.1) is 0 Å². The van der Waals surface area contributed by atoms with Gasteiger partial charge in [-0.3, -0.25) is 4.79 Å². The molecule has 1 saturated carbocycles. The van der Waals surface area contributed by atoms with Crippen LogP contribution in [-0.2, 0) is 5.41 Å². The Labute approximate surface area is 136 Å². The fourth-order valence-corrected chi connectivity index (χ4v) is 3.64. The van der Waals surface area contributed by atoms with Gasteiger partial charge in [0.25, 0.3) is 5.91 Å². The van der Waals surface area contributed by atoms with Gasteiger partial charge in [-0.25, -0.2) is 0 Å². The van der Waals surface area contributed by atoms with Gasteiger partial charge in [-0.05, 0) is 69.4 Å². The van der Waals surface area contributed by atoms with Crippen molar-refractivity contribution in [3.63, 3.8) is 0 Å². The first-order valence-corrected chi connectivity index (χ1v) is 8.53. The number of nitrogens with one attached hydrogen (secondary N) is 1. The molecule has 0 unspecified atom stereocenters. The predicted octanol–water partition coefficient (Wildman–Crippen LogP) is 3.98. The molecule has 1 amide bonds. The monoisotopic (exact) mass is 365 g/mol. The van der Waals surface area contributed by atoms with Crippen LogP contribution in [0.4, 0.5) is 0 Å². The van der Waals surface area contributed by atoms with Crippen LogP contribution >= 0.6 is 27.3 Å². The Morgan fingerprint density at radius 1 is 1.43 bits per heavy atom. The van der Waals surface area contributed by atoms with E-state index in [2.05, 4.69) is 38.1 Å². The number of halogens is 1. The zero-order valence-electron chi connectivity index (χ0n) is 11.7. The summed E-state index contributed by atoms with van der Waals surface area (Å²) < 4.78 is 5.96. The largest absolute Gasteiger partial charge is 0.497 e. The smallest absolute Gasteiger partial charge is 0.252 e. The standard InChI is InChI=1S/C16H16BrNO2S/c1-20-12-2-3-14(17)13(8-12)15(19)18-10-16(5-6-16)11-4-7-21-9-11/h2-4,7-9H,5-6,10H2,1H3,(H,18,19). The summed E-state index contributed by atoms with van der Waals surface area (Å²) in [5, 5.41) is 7.34. The lowest BCUT2D eigenvalue weighted by Gasteiger charge is -2.15. The van der Waals surface area contributed by atoms with Crippen LogP contribution in [0.25, 0.3) is 0 Å². The van der Waals surface area contributed by atoms with E-state index in [0.29, 0.717) is 17.9 Å². The average Bonchev–Trinajstić information content (AvgIpc) is 3.08. The summed E-state index contributed by atoms with van der Waals surface area (Å²) in [5.74, 6) is 0.615. The lowest BCUT2D eigenvalue weighted by molar-refractivity contribution is 0.0948. The molecule has 0 aliphatic heterocycles. The number of methoxy groups -OCH3 is 1. The Kier molecular flexibility index (Phi) is 4.04. The minimum atomic E-state index is -0.0673. The van der Waals surface area contributed by atoms with Crippen molar-refractivity contribution in [2.45, 2.75) is 18.3 Å². The molecule has 0 radical (unpaired) electrons. The van der Waals surface area contributed by atoms with Crippen LogP contribution in [0.2, 0.25) is 0 Å². The molecule has 1 aromatic carbocycles. The van der Waals surface area contributed by atoms with Crippen molar-refractivity contribution in [2.24, 2.45) is 0 Å². The first kappa shape index (κ1) is 14.6. The number of rotatable bonds is 5. The van der Waals surface area contributed by atoms with Gasteiger partial charge in [-0.15, -0.1) is 0 Å². The summed E-state index contributed by atoms with van der Waals surface area (Å²) >= 11 is 5.13. The summed E-state index contributed by atoms with van der Waals surface area (Å²) in [6, 6.07) is 7.57. The van der Waals surface area contributed by atoms with Crippen LogP contribution in [-0.4, -0.2) is 19.6 Å². The van der Waals surface area contributed by atoms with Crippen LogP contribution in [0.15, 0.2) is 39.5 Å². The van der Waals surface area contributed by atoms with Crippen LogP contribution < -0.4 is 10.1 Å². The van der Waals surface area contributed by atoms with E-state index in [9.17, 15) is 4.79 Å². The first-order valence-electron chi connectivity index (χ1n) is 6.79. The maximum absolute atomic E-state index is 12.4. The Balaban J connectivity index is 1.70. The number of amides is 1. The lowest BCUT2D eigenvalue weighted by Crippen LogP contribution is -2.32. The van der Waals surface area contributed by atoms with Gasteiger partial charge in [-0.1, -0.05) is 0 Å². The Hall–Kier alpha value is -1.33. The maximum atomic E-state index is 12.4. The van der Waals surface area contributed by atoms with Crippen molar-refractivity contribution in [1.29, 1.82) is 0 Å². The van der Waals surface area contributed by atoms with Gasteiger partial charge in [0, 0.05) is 16.4 Å². The highest BCUT2D eigenvalue weighted by atomic mass is 79.9. The molecule has 1 aliphatic rings. The van der Waals surface area contributed by atoms with Gasteiger partial charge in [0.1, 0.15) is 5.75 Å². The van der Waals surface area contributed by atoms with Crippen LogP contribution in [0.5, 0.6) is 5.75 Å². The molecule has 1 aliphatic carbocycles. The van der Waals surface area contributed by atoms with Gasteiger partial charge >= 0.3 is 0 Å². The topological polar surface area (TPSA) is 38.3 Å².